The summed E-state index contributed by atoms with van der Waals surface area (Å²) < 4.78 is 5.31. The average molecular weight is 263 g/mol. The molecule has 0 heterocycles. The lowest BCUT2D eigenvalue weighted by atomic mass is 9.86. The fourth-order valence-electron chi connectivity index (χ4n) is 2.84. The molecule has 1 unspecified atom stereocenters. The van der Waals surface area contributed by atoms with E-state index in [0.717, 1.165) is 35.3 Å². The second-order valence-electron chi connectivity index (χ2n) is 5.29. The smallest absolute Gasteiger partial charge is 0.311 e. The summed E-state index contributed by atoms with van der Waals surface area (Å²) in [6.07, 6.45) is 1.47. The van der Waals surface area contributed by atoms with Crippen LogP contribution in [0.4, 0.5) is 0 Å². The quantitative estimate of drug-likeness (QED) is 0.856. The summed E-state index contributed by atoms with van der Waals surface area (Å²) in [6, 6.07) is 3.75. The lowest BCUT2D eigenvalue weighted by Gasteiger charge is -2.26. The molecular formula is C15H21NO3. The van der Waals surface area contributed by atoms with E-state index in [1.807, 2.05) is 33.0 Å². The highest BCUT2D eigenvalue weighted by Crippen LogP contribution is 2.55. The van der Waals surface area contributed by atoms with Crippen LogP contribution in [0.3, 0.4) is 0 Å². The van der Waals surface area contributed by atoms with Gasteiger partial charge < -0.3 is 15.2 Å². The van der Waals surface area contributed by atoms with Crippen LogP contribution in [0.2, 0.25) is 0 Å². The van der Waals surface area contributed by atoms with E-state index in [1.54, 1.807) is 7.11 Å². The number of nitrogens with one attached hydrogen (secondary N) is 1. The first-order valence-corrected chi connectivity index (χ1v) is 6.52. The van der Waals surface area contributed by atoms with Gasteiger partial charge in [0.05, 0.1) is 12.5 Å². The Bertz CT molecular complexity index is 506. The molecule has 1 aromatic carbocycles. The van der Waals surface area contributed by atoms with Gasteiger partial charge in [0.25, 0.3) is 0 Å². The summed E-state index contributed by atoms with van der Waals surface area (Å²) in [7, 11) is 3.48. The Morgan fingerprint density at radius 1 is 1.37 bits per heavy atom. The minimum absolute atomic E-state index is 0.144. The number of methoxy groups -OCH3 is 1. The zero-order valence-electron chi connectivity index (χ0n) is 11.9. The van der Waals surface area contributed by atoms with Crippen molar-refractivity contribution in [3.8, 4) is 5.75 Å². The standard InChI is InChI=1S/C15H21NO3/c1-9-10(2)12(19-4)6-5-11(9)13(16-3)15(7-8-15)14(17)18/h5-6,13,16H,7-8H2,1-4H3,(H,17,18). The fourth-order valence-corrected chi connectivity index (χ4v) is 2.84. The molecule has 104 valence electrons. The van der Waals surface area contributed by atoms with Crippen molar-refractivity contribution in [3.63, 3.8) is 0 Å². The summed E-state index contributed by atoms with van der Waals surface area (Å²) in [5.41, 5.74) is 2.59. The van der Waals surface area contributed by atoms with Crippen LogP contribution < -0.4 is 10.1 Å². The number of hydrogen-bond acceptors (Lipinski definition) is 3. The Morgan fingerprint density at radius 2 is 2.00 bits per heavy atom. The molecule has 0 aliphatic heterocycles. The molecule has 0 bridgehead atoms. The second kappa shape index (κ2) is 4.85. The van der Waals surface area contributed by atoms with Crippen LogP contribution in [-0.2, 0) is 4.79 Å². The first kappa shape index (κ1) is 13.9. The molecule has 0 saturated heterocycles. The van der Waals surface area contributed by atoms with Crippen molar-refractivity contribution in [1.29, 1.82) is 0 Å². The van der Waals surface area contributed by atoms with Gasteiger partial charge in [-0.05, 0) is 56.5 Å². The van der Waals surface area contributed by atoms with Crippen molar-refractivity contribution in [1.82, 2.24) is 5.32 Å². The van der Waals surface area contributed by atoms with E-state index in [4.69, 9.17) is 4.74 Å². The Hall–Kier alpha value is -1.55. The molecule has 0 aromatic heterocycles. The van der Waals surface area contributed by atoms with Gasteiger partial charge in [-0.25, -0.2) is 0 Å². The Balaban J connectivity index is 2.46. The van der Waals surface area contributed by atoms with Gasteiger partial charge >= 0.3 is 5.97 Å². The molecule has 0 amide bonds. The van der Waals surface area contributed by atoms with Crippen molar-refractivity contribution < 1.29 is 14.6 Å². The molecule has 1 aliphatic carbocycles. The molecular weight excluding hydrogens is 242 g/mol. The summed E-state index contributed by atoms with van der Waals surface area (Å²) >= 11 is 0. The number of carbonyl (C=O) groups is 1. The van der Waals surface area contributed by atoms with Crippen LogP contribution >= 0.6 is 0 Å². The second-order valence-corrected chi connectivity index (χ2v) is 5.29. The topological polar surface area (TPSA) is 58.6 Å². The highest BCUT2D eigenvalue weighted by Gasteiger charge is 2.56. The number of hydrogen-bond donors (Lipinski definition) is 2. The molecule has 2 N–H and O–H groups in total. The number of benzene rings is 1. The largest absolute Gasteiger partial charge is 0.496 e. The van der Waals surface area contributed by atoms with Crippen molar-refractivity contribution in [2.75, 3.05) is 14.2 Å². The van der Waals surface area contributed by atoms with E-state index in [-0.39, 0.29) is 6.04 Å². The monoisotopic (exact) mass is 263 g/mol. The Kier molecular flexibility index (Phi) is 3.54. The van der Waals surface area contributed by atoms with E-state index in [1.165, 1.54) is 0 Å². The minimum Gasteiger partial charge on any atom is -0.496 e. The van der Waals surface area contributed by atoms with E-state index in [2.05, 4.69) is 5.32 Å². The maximum atomic E-state index is 11.5. The third kappa shape index (κ3) is 2.10. The van der Waals surface area contributed by atoms with Gasteiger partial charge in [0.15, 0.2) is 0 Å². The summed E-state index contributed by atoms with van der Waals surface area (Å²) in [4.78, 5) is 11.5. The van der Waals surface area contributed by atoms with Crippen LogP contribution in [0.25, 0.3) is 0 Å². The predicted octanol–water partition coefficient (Wildman–Crippen LogP) is 2.44. The van der Waals surface area contributed by atoms with Gasteiger partial charge in [0, 0.05) is 6.04 Å². The fraction of sp³-hybridized carbons (Fsp3) is 0.533. The zero-order chi connectivity index (χ0) is 14.2. The SMILES string of the molecule is CNC(c1ccc(OC)c(C)c1C)C1(C(=O)O)CC1. The molecule has 1 aliphatic rings. The average Bonchev–Trinajstić information content (AvgIpc) is 3.17. The lowest BCUT2D eigenvalue weighted by Crippen LogP contribution is -2.33. The van der Waals surface area contributed by atoms with Crippen molar-refractivity contribution in [2.45, 2.75) is 32.7 Å². The van der Waals surface area contributed by atoms with E-state index in [9.17, 15) is 9.90 Å². The lowest BCUT2D eigenvalue weighted by molar-refractivity contribution is -0.144. The van der Waals surface area contributed by atoms with Gasteiger partial charge in [-0.3, -0.25) is 4.79 Å². The van der Waals surface area contributed by atoms with Gasteiger partial charge in [-0.2, -0.15) is 0 Å². The molecule has 0 spiro atoms. The first-order chi connectivity index (χ1) is 8.97. The number of rotatable bonds is 5. The summed E-state index contributed by atoms with van der Waals surface area (Å²) in [5.74, 6) is 0.135. The number of ether oxygens (including phenoxy) is 1. The molecule has 0 radical (unpaired) electrons. The highest BCUT2D eigenvalue weighted by atomic mass is 16.5. The molecule has 4 heteroatoms. The number of aliphatic carboxylic acids is 1. The van der Waals surface area contributed by atoms with Crippen LogP contribution in [0, 0.1) is 19.3 Å². The molecule has 1 aromatic rings. The molecule has 2 rings (SSSR count). The predicted molar refractivity (Wildman–Crippen MR) is 73.6 cm³/mol. The van der Waals surface area contributed by atoms with Gasteiger partial charge in [-0.15, -0.1) is 0 Å². The molecule has 19 heavy (non-hydrogen) atoms. The van der Waals surface area contributed by atoms with Crippen LogP contribution in [0.15, 0.2) is 12.1 Å². The molecule has 1 atom stereocenters. The van der Waals surface area contributed by atoms with Crippen molar-refractivity contribution >= 4 is 5.97 Å². The third-order valence-electron chi connectivity index (χ3n) is 4.37. The van der Waals surface area contributed by atoms with Gasteiger partial charge in [-0.1, -0.05) is 6.07 Å². The van der Waals surface area contributed by atoms with E-state index < -0.39 is 11.4 Å². The minimum atomic E-state index is -0.709. The molecule has 1 fully saturated rings. The van der Waals surface area contributed by atoms with Crippen molar-refractivity contribution in [2.24, 2.45) is 5.41 Å². The molecule has 4 nitrogen and oxygen atoms in total. The maximum absolute atomic E-state index is 11.5. The first-order valence-electron chi connectivity index (χ1n) is 6.52. The highest BCUT2D eigenvalue weighted by molar-refractivity contribution is 5.79. The summed E-state index contributed by atoms with van der Waals surface area (Å²) in [6.45, 7) is 4.03. The van der Waals surface area contributed by atoms with Gasteiger partial charge in [0.2, 0.25) is 0 Å². The van der Waals surface area contributed by atoms with Gasteiger partial charge in [0.1, 0.15) is 5.75 Å². The maximum Gasteiger partial charge on any atom is 0.311 e. The van der Waals surface area contributed by atoms with E-state index in [0.29, 0.717) is 0 Å². The van der Waals surface area contributed by atoms with E-state index >= 15 is 0 Å². The van der Waals surface area contributed by atoms with Crippen LogP contribution in [0.5, 0.6) is 5.75 Å². The van der Waals surface area contributed by atoms with Crippen LogP contribution in [0.1, 0.15) is 35.6 Å². The number of carboxylic acid groups (broad SMARTS) is 1. The van der Waals surface area contributed by atoms with Crippen molar-refractivity contribution in [3.05, 3.63) is 28.8 Å². The number of carboxylic acids is 1. The summed E-state index contributed by atoms with van der Waals surface area (Å²) in [5, 5.41) is 12.6. The Labute approximate surface area is 113 Å². The molecule has 1 saturated carbocycles. The zero-order valence-corrected chi connectivity index (χ0v) is 11.9. The normalized spacial score (nSPS) is 17.9. The van der Waals surface area contributed by atoms with Crippen LogP contribution in [-0.4, -0.2) is 25.2 Å². The Morgan fingerprint density at radius 3 is 2.42 bits per heavy atom. The third-order valence-corrected chi connectivity index (χ3v) is 4.37.